The van der Waals surface area contributed by atoms with Crippen LogP contribution >= 0.6 is 23.4 Å². The van der Waals surface area contributed by atoms with Gasteiger partial charge in [-0.25, -0.2) is 9.97 Å². The zero-order valence-corrected chi connectivity index (χ0v) is 9.19. The molecule has 0 radical (unpaired) electrons. The van der Waals surface area contributed by atoms with Gasteiger partial charge in [-0.15, -0.1) is 23.4 Å². The van der Waals surface area contributed by atoms with Crippen molar-refractivity contribution in [1.82, 2.24) is 9.97 Å². The molecule has 3 nitrogen and oxygen atoms in total. The van der Waals surface area contributed by atoms with Crippen molar-refractivity contribution >= 4 is 29.2 Å². The second-order valence-corrected chi connectivity index (χ2v) is 4.18. The lowest BCUT2D eigenvalue weighted by molar-refractivity contribution is 0.960. The Labute approximate surface area is 87.3 Å². The minimum Gasteiger partial charge on any atom is -0.368 e. The highest BCUT2D eigenvalue weighted by atomic mass is 35.5. The van der Waals surface area contributed by atoms with Gasteiger partial charge in [0.15, 0.2) is 0 Å². The topological polar surface area (TPSA) is 37.8 Å². The third-order valence-electron chi connectivity index (χ3n) is 1.42. The molecule has 0 aliphatic carbocycles. The van der Waals surface area contributed by atoms with Crippen LogP contribution < -0.4 is 5.32 Å². The lowest BCUT2D eigenvalue weighted by Gasteiger charge is -2.06. The molecule has 0 aliphatic heterocycles. The summed E-state index contributed by atoms with van der Waals surface area (Å²) in [6.07, 6.45) is 3.53. The van der Waals surface area contributed by atoms with E-state index in [-0.39, 0.29) is 5.38 Å². The van der Waals surface area contributed by atoms with E-state index < -0.39 is 0 Å². The molecule has 5 heteroatoms. The Morgan fingerprint density at radius 2 is 2.38 bits per heavy atom. The molecular weight excluding hydrogens is 206 g/mol. The summed E-state index contributed by atoms with van der Waals surface area (Å²) in [4.78, 5) is 8.13. The molecule has 72 valence electrons. The molecule has 0 amide bonds. The average Bonchev–Trinajstić information content (AvgIpc) is 2.15. The number of anilines is 1. The van der Waals surface area contributed by atoms with Gasteiger partial charge in [0.1, 0.15) is 17.2 Å². The van der Waals surface area contributed by atoms with E-state index in [1.807, 2.05) is 19.2 Å². The van der Waals surface area contributed by atoms with Crippen LogP contribution in [0.2, 0.25) is 0 Å². The smallest absolute Gasteiger partial charge is 0.130 e. The molecule has 0 aromatic carbocycles. The molecule has 1 unspecified atom stereocenters. The van der Waals surface area contributed by atoms with E-state index in [0.717, 1.165) is 10.8 Å². The minimum absolute atomic E-state index is 0.104. The van der Waals surface area contributed by atoms with Crippen molar-refractivity contribution in [2.45, 2.75) is 17.3 Å². The van der Waals surface area contributed by atoms with Gasteiger partial charge < -0.3 is 5.32 Å². The van der Waals surface area contributed by atoms with E-state index in [0.29, 0.717) is 6.54 Å². The minimum atomic E-state index is 0.104. The number of hydrogen-bond donors (Lipinski definition) is 1. The van der Waals surface area contributed by atoms with Crippen LogP contribution in [-0.2, 0) is 0 Å². The van der Waals surface area contributed by atoms with Crippen LogP contribution in [0.25, 0.3) is 0 Å². The second-order valence-electron chi connectivity index (χ2n) is 2.61. The molecule has 1 atom stereocenters. The molecule has 0 saturated carbocycles. The second kappa shape index (κ2) is 5.29. The Balaban J connectivity index is 2.56. The maximum absolute atomic E-state index is 5.79. The van der Waals surface area contributed by atoms with Crippen molar-refractivity contribution in [2.75, 3.05) is 18.1 Å². The molecule has 13 heavy (non-hydrogen) atoms. The van der Waals surface area contributed by atoms with Gasteiger partial charge in [-0.2, -0.15) is 0 Å². The van der Waals surface area contributed by atoms with Crippen LogP contribution in [0.1, 0.15) is 6.92 Å². The van der Waals surface area contributed by atoms with E-state index in [1.54, 1.807) is 18.1 Å². The van der Waals surface area contributed by atoms with E-state index >= 15 is 0 Å². The van der Waals surface area contributed by atoms with Gasteiger partial charge in [0, 0.05) is 18.0 Å². The Bertz CT molecular complexity index is 267. The summed E-state index contributed by atoms with van der Waals surface area (Å²) >= 11 is 7.38. The quantitative estimate of drug-likeness (QED) is 0.477. The predicted octanol–water partition coefficient (Wildman–Crippen LogP) is 2.24. The largest absolute Gasteiger partial charge is 0.368 e. The summed E-state index contributed by atoms with van der Waals surface area (Å²) in [6.45, 7) is 2.65. The fraction of sp³-hybridized carbons (Fsp3) is 0.500. The van der Waals surface area contributed by atoms with Crippen molar-refractivity contribution < 1.29 is 0 Å². The first-order chi connectivity index (χ1) is 6.22. The van der Waals surface area contributed by atoms with Crippen LogP contribution in [0.5, 0.6) is 0 Å². The molecule has 0 aliphatic rings. The maximum atomic E-state index is 5.79. The molecule has 0 bridgehead atoms. The molecular formula is C8H12ClN3S. The number of hydrogen-bond acceptors (Lipinski definition) is 4. The Morgan fingerprint density at radius 3 is 3.00 bits per heavy atom. The molecule has 0 fully saturated rings. The molecule has 0 spiro atoms. The third kappa shape index (κ3) is 3.83. The van der Waals surface area contributed by atoms with Gasteiger partial charge in [-0.1, -0.05) is 0 Å². The first-order valence-electron chi connectivity index (χ1n) is 3.96. The molecule has 1 rings (SSSR count). The summed E-state index contributed by atoms with van der Waals surface area (Å²) in [5, 5.41) is 4.18. The average molecular weight is 218 g/mol. The number of thioether (sulfide) groups is 1. The van der Waals surface area contributed by atoms with Crippen LogP contribution in [0.15, 0.2) is 17.4 Å². The predicted molar refractivity (Wildman–Crippen MR) is 57.6 cm³/mol. The number of rotatable bonds is 4. The maximum Gasteiger partial charge on any atom is 0.130 e. The summed E-state index contributed by atoms with van der Waals surface area (Å²) in [6, 6.07) is 1.91. The highest BCUT2D eigenvalue weighted by Gasteiger charge is 1.99. The van der Waals surface area contributed by atoms with Gasteiger partial charge in [0.2, 0.25) is 0 Å². The zero-order valence-electron chi connectivity index (χ0n) is 7.62. The SMILES string of the molecule is CSc1cc(NCC(C)Cl)ncn1. The first kappa shape index (κ1) is 10.6. The Morgan fingerprint density at radius 1 is 1.62 bits per heavy atom. The Hall–Kier alpha value is -0.480. The van der Waals surface area contributed by atoms with Crippen LogP contribution in [0, 0.1) is 0 Å². The third-order valence-corrected chi connectivity index (χ3v) is 2.21. The van der Waals surface area contributed by atoms with E-state index in [2.05, 4.69) is 15.3 Å². The van der Waals surface area contributed by atoms with Crippen molar-refractivity contribution in [2.24, 2.45) is 0 Å². The fourth-order valence-electron chi connectivity index (χ4n) is 0.793. The van der Waals surface area contributed by atoms with Gasteiger partial charge in [0.05, 0.1) is 0 Å². The molecule has 1 N–H and O–H groups in total. The molecule has 0 saturated heterocycles. The normalized spacial score (nSPS) is 12.5. The monoisotopic (exact) mass is 217 g/mol. The van der Waals surface area contributed by atoms with E-state index in [4.69, 9.17) is 11.6 Å². The number of aromatic nitrogens is 2. The van der Waals surface area contributed by atoms with E-state index in [1.165, 1.54) is 0 Å². The van der Waals surface area contributed by atoms with Crippen molar-refractivity contribution in [1.29, 1.82) is 0 Å². The number of nitrogens with zero attached hydrogens (tertiary/aromatic N) is 2. The van der Waals surface area contributed by atoms with Crippen molar-refractivity contribution in [3.8, 4) is 0 Å². The van der Waals surface area contributed by atoms with Gasteiger partial charge >= 0.3 is 0 Å². The standard InChI is InChI=1S/C8H12ClN3S/c1-6(9)4-10-7-3-8(13-2)12-5-11-7/h3,5-6H,4H2,1-2H3,(H,10,11,12). The van der Waals surface area contributed by atoms with E-state index in [9.17, 15) is 0 Å². The van der Waals surface area contributed by atoms with Crippen molar-refractivity contribution in [3.05, 3.63) is 12.4 Å². The summed E-state index contributed by atoms with van der Waals surface area (Å²) in [7, 11) is 0. The molecule has 1 aromatic heterocycles. The first-order valence-corrected chi connectivity index (χ1v) is 5.62. The summed E-state index contributed by atoms with van der Waals surface area (Å²) < 4.78 is 0. The molecule has 1 heterocycles. The molecule has 1 aromatic rings. The highest BCUT2D eigenvalue weighted by molar-refractivity contribution is 7.98. The highest BCUT2D eigenvalue weighted by Crippen LogP contribution is 2.13. The van der Waals surface area contributed by atoms with Crippen LogP contribution in [0.4, 0.5) is 5.82 Å². The number of nitrogens with one attached hydrogen (secondary N) is 1. The number of alkyl halides is 1. The summed E-state index contributed by atoms with van der Waals surface area (Å²) in [5.74, 6) is 0.826. The van der Waals surface area contributed by atoms with Gasteiger partial charge in [0.25, 0.3) is 0 Å². The van der Waals surface area contributed by atoms with Crippen molar-refractivity contribution in [3.63, 3.8) is 0 Å². The Kier molecular flexibility index (Phi) is 4.32. The van der Waals surface area contributed by atoms with Crippen LogP contribution in [0.3, 0.4) is 0 Å². The number of halogens is 1. The van der Waals surface area contributed by atoms with Gasteiger partial charge in [-0.05, 0) is 13.2 Å². The zero-order chi connectivity index (χ0) is 9.68. The van der Waals surface area contributed by atoms with Crippen LogP contribution in [-0.4, -0.2) is 28.1 Å². The lowest BCUT2D eigenvalue weighted by Crippen LogP contribution is -2.11. The summed E-state index contributed by atoms with van der Waals surface area (Å²) in [5.41, 5.74) is 0. The van der Waals surface area contributed by atoms with Gasteiger partial charge in [-0.3, -0.25) is 0 Å². The lowest BCUT2D eigenvalue weighted by atomic mass is 10.4. The fourth-order valence-corrected chi connectivity index (χ4v) is 1.25.